The summed E-state index contributed by atoms with van der Waals surface area (Å²) in [5.41, 5.74) is 5.88. The van der Waals surface area contributed by atoms with Crippen molar-refractivity contribution in [1.29, 1.82) is 0 Å². The molecule has 3 nitrogen and oxygen atoms in total. The minimum Gasteiger partial charge on any atom is -0.399 e. The van der Waals surface area contributed by atoms with Crippen LogP contribution in [0.25, 0.3) is 0 Å². The van der Waals surface area contributed by atoms with Gasteiger partial charge in [0.05, 0.1) is 16.3 Å². The topological polar surface area (TPSA) is 55.1 Å². The quantitative estimate of drug-likeness (QED) is 0.829. The largest absolute Gasteiger partial charge is 0.399 e. The Morgan fingerprint density at radius 2 is 1.89 bits per heavy atom. The van der Waals surface area contributed by atoms with E-state index in [-0.39, 0.29) is 16.3 Å². The lowest BCUT2D eigenvalue weighted by molar-refractivity contribution is 0.102. The fourth-order valence-corrected chi connectivity index (χ4v) is 1.70. The predicted molar refractivity (Wildman–Crippen MR) is 70.2 cm³/mol. The van der Waals surface area contributed by atoms with Crippen LogP contribution >= 0.6 is 11.6 Å². The van der Waals surface area contributed by atoms with Crippen molar-refractivity contribution in [3.05, 3.63) is 58.6 Å². The second kappa shape index (κ2) is 5.24. The number of nitrogens with two attached hydrogens (primary N) is 1. The number of rotatable bonds is 2. The highest BCUT2D eigenvalue weighted by Gasteiger charge is 2.13. The van der Waals surface area contributed by atoms with Gasteiger partial charge in [0.1, 0.15) is 11.6 Å². The molecule has 0 saturated carbocycles. The van der Waals surface area contributed by atoms with Crippen molar-refractivity contribution in [3.8, 4) is 0 Å². The molecule has 0 spiro atoms. The molecule has 2 aromatic rings. The predicted octanol–water partition coefficient (Wildman–Crippen LogP) is 3.45. The first kappa shape index (κ1) is 13.3. The van der Waals surface area contributed by atoms with Gasteiger partial charge in [-0.15, -0.1) is 0 Å². The third kappa shape index (κ3) is 3.00. The highest BCUT2D eigenvalue weighted by Crippen LogP contribution is 2.21. The lowest BCUT2D eigenvalue weighted by Gasteiger charge is -2.08. The Labute approximate surface area is 113 Å². The van der Waals surface area contributed by atoms with Crippen LogP contribution in [0.15, 0.2) is 36.4 Å². The van der Waals surface area contributed by atoms with Crippen molar-refractivity contribution in [2.24, 2.45) is 0 Å². The molecule has 0 aliphatic rings. The summed E-state index contributed by atoms with van der Waals surface area (Å²) in [5.74, 6) is -2.21. The second-order valence-electron chi connectivity index (χ2n) is 3.82. The van der Waals surface area contributed by atoms with Gasteiger partial charge in [-0.05, 0) is 30.3 Å². The van der Waals surface area contributed by atoms with Gasteiger partial charge >= 0.3 is 0 Å². The Morgan fingerprint density at radius 3 is 2.58 bits per heavy atom. The van der Waals surface area contributed by atoms with E-state index in [0.29, 0.717) is 11.8 Å². The number of carbonyl (C=O) groups is 1. The van der Waals surface area contributed by atoms with Crippen LogP contribution in [-0.2, 0) is 0 Å². The van der Waals surface area contributed by atoms with Crippen LogP contribution in [0.1, 0.15) is 10.4 Å². The molecule has 0 bridgehead atoms. The molecule has 0 aliphatic carbocycles. The zero-order valence-electron chi connectivity index (χ0n) is 9.58. The second-order valence-corrected chi connectivity index (χ2v) is 4.22. The van der Waals surface area contributed by atoms with Gasteiger partial charge < -0.3 is 11.1 Å². The van der Waals surface area contributed by atoms with E-state index in [1.165, 1.54) is 18.2 Å². The maximum Gasteiger partial charge on any atom is 0.257 e. The molecule has 2 rings (SSSR count). The summed E-state index contributed by atoms with van der Waals surface area (Å²) in [6.07, 6.45) is 0. The highest BCUT2D eigenvalue weighted by molar-refractivity contribution is 6.34. The molecule has 6 heteroatoms. The van der Waals surface area contributed by atoms with E-state index in [9.17, 15) is 13.6 Å². The first-order chi connectivity index (χ1) is 8.97. The number of amides is 1. The minimum atomic E-state index is -0.867. The normalized spacial score (nSPS) is 10.3. The van der Waals surface area contributed by atoms with Crippen LogP contribution in [0.3, 0.4) is 0 Å². The third-order valence-electron chi connectivity index (χ3n) is 2.41. The third-order valence-corrected chi connectivity index (χ3v) is 2.74. The van der Waals surface area contributed by atoms with Crippen molar-refractivity contribution in [2.75, 3.05) is 11.1 Å². The fourth-order valence-electron chi connectivity index (χ4n) is 1.50. The molecule has 2 aromatic carbocycles. The molecule has 0 aromatic heterocycles. The zero-order chi connectivity index (χ0) is 14.0. The van der Waals surface area contributed by atoms with Crippen LogP contribution < -0.4 is 11.1 Å². The number of nitrogens with one attached hydrogen (secondary N) is 1. The molecule has 98 valence electrons. The summed E-state index contributed by atoms with van der Waals surface area (Å²) < 4.78 is 26.1. The molecular weight excluding hydrogens is 274 g/mol. The minimum absolute atomic E-state index is 0.116. The SMILES string of the molecule is Nc1ccc(Cl)c(C(=O)Nc2ccc(F)cc2F)c1. The standard InChI is InChI=1S/C13H9ClF2N2O/c14-10-3-2-8(17)6-9(10)13(19)18-12-4-1-7(15)5-11(12)16/h1-6H,17H2,(H,18,19). The summed E-state index contributed by atoms with van der Waals surface area (Å²) >= 11 is 5.85. The van der Waals surface area contributed by atoms with Crippen LogP contribution in [0.5, 0.6) is 0 Å². The zero-order valence-corrected chi connectivity index (χ0v) is 10.3. The molecule has 3 N–H and O–H groups in total. The summed E-state index contributed by atoms with van der Waals surface area (Å²) in [6, 6.07) is 7.22. The van der Waals surface area contributed by atoms with Gasteiger partial charge in [0.2, 0.25) is 0 Å². The Bertz CT molecular complexity index is 647. The number of carbonyl (C=O) groups excluding carboxylic acids is 1. The molecule has 0 unspecified atom stereocenters. The van der Waals surface area contributed by atoms with Gasteiger partial charge in [0.25, 0.3) is 5.91 Å². The van der Waals surface area contributed by atoms with Crippen molar-refractivity contribution in [3.63, 3.8) is 0 Å². The highest BCUT2D eigenvalue weighted by atomic mass is 35.5. The molecule has 0 radical (unpaired) electrons. The number of halogens is 3. The number of nitrogen functional groups attached to an aromatic ring is 1. The van der Waals surface area contributed by atoms with Gasteiger partial charge in [0, 0.05) is 11.8 Å². The van der Waals surface area contributed by atoms with Gasteiger partial charge in [-0.3, -0.25) is 4.79 Å². The average molecular weight is 283 g/mol. The van der Waals surface area contributed by atoms with Crippen molar-refractivity contribution >= 4 is 28.9 Å². The summed E-state index contributed by atoms with van der Waals surface area (Å²) in [4.78, 5) is 11.9. The van der Waals surface area contributed by atoms with Crippen molar-refractivity contribution in [1.82, 2.24) is 0 Å². The van der Waals surface area contributed by atoms with Crippen LogP contribution in [0.2, 0.25) is 5.02 Å². The summed E-state index contributed by atoms with van der Waals surface area (Å²) in [7, 11) is 0. The van der Waals surface area contributed by atoms with Crippen molar-refractivity contribution < 1.29 is 13.6 Å². The maximum absolute atomic E-state index is 13.4. The van der Waals surface area contributed by atoms with Gasteiger partial charge in [-0.1, -0.05) is 11.6 Å². The van der Waals surface area contributed by atoms with E-state index in [4.69, 9.17) is 17.3 Å². The number of hydrogen-bond donors (Lipinski definition) is 2. The Morgan fingerprint density at radius 1 is 1.16 bits per heavy atom. The lowest BCUT2D eigenvalue weighted by atomic mass is 10.2. The molecule has 0 saturated heterocycles. The summed E-state index contributed by atoms with van der Waals surface area (Å²) in [6.45, 7) is 0. The van der Waals surface area contributed by atoms with Crippen LogP contribution in [0, 0.1) is 11.6 Å². The number of hydrogen-bond acceptors (Lipinski definition) is 2. The maximum atomic E-state index is 13.4. The Hall–Kier alpha value is -2.14. The van der Waals surface area contributed by atoms with Gasteiger partial charge in [-0.2, -0.15) is 0 Å². The van der Waals surface area contributed by atoms with E-state index >= 15 is 0 Å². The van der Waals surface area contributed by atoms with Crippen LogP contribution in [-0.4, -0.2) is 5.91 Å². The molecule has 19 heavy (non-hydrogen) atoms. The molecule has 1 amide bonds. The van der Waals surface area contributed by atoms with Crippen LogP contribution in [0.4, 0.5) is 20.2 Å². The van der Waals surface area contributed by atoms with E-state index in [0.717, 1.165) is 12.1 Å². The number of benzene rings is 2. The number of anilines is 2. The molecule has 0 fully saturated rings. The average Bonchev–Trinajstić information content (AvgIpc) is 2.35. The molecule has 0 atom stereocenters. The first-order valence-electron chi connectivity index (χ1n) is 5.29. The lowest BCUT2D eigenvalue weighted by Crippen LogP contribution is -2.14. The molecule has 0 heterocycles. The smallest absolute Gasteiger partial charge is 0.257 e. The monoisotopic (exact) mass is 282 g/mol. The van der Waals surface area contributed by atoms with Crippen molar-refractivity contribution in [2.45, 2.75) is 0 Å². The molecular formula is C13H9ClF2N2O. The first-order valence-corrected chi connectivity index (χ1v) is 5.66. The Kier molecular flexibility index (Phi) is 3.66. The van der Waals surface area contributed by atoms with E-state index in [1.54, 1.807) is 0 Å². The van der Waals surface area contributed by atoms with E-state index in [1.807, 2.05) is 0 Å². The fraction of sp³-hybridized carbons (Fsp3) is 0. The van der Waals surface area contributed by atoms with E-state index < -0.39 is 17.5 Å². The van der Waals surface area contributed by atoms with Gasteiger partial charge in [0.15, 0.2) is 0 Å². The summed E-state index contributed by atoms with van der Waals surface area (Å²) in [5, 5.41) is 2.49. The molecule has 0 aliphatic heterocycles. The van der Waals surface area contributed by atoms with E-state index in [2.05, 4.69) is 5.32 Å². The Balaban J connectivity index is 2.28. The van der Waals surface area contributed by atoms with Gasteiger partial charge in [-0.25, -0.2) is 8.78 Å².